The molecular formula is C16H22N4. The number of hydrogen-bond acceptors (Lipinski definition) is 4. The van der Waals surface area contributed by atoms with Gasteiger partial charge in [-0.3, -0.25) is 0 Å². The zero-order valence-electron chi connectivity index (χ0n) is 11.8. The van der Waals surface area contributed by atoms with Crippen molar-refractivity contribution >= 4 is 5.69 Å². The van der Waals surface area contributed by atoms with Crippen molar-refractivity contribution < 1.29 is 0 Å². The third kappa shape index (κ3) is 3.12. The number of nitrogens with zero attached hydrogens (tertiary/aromatic N) is 2. The molecule has 106 valence electrons. The predicted octanol–water partition coefficient (Wildman–Crippen LogP) is 1.65. The quantitative estimate of drug-likeness (QED) is 0.799. The largest absolute Gasteiger partial charge is 0.384 e. The summed E-state index contributed by atoms with van der Waals surface area (Å²) in [5.74, 6) is 0.877. The van der Waals surface area contributed by atoms with Crippen molar-refractivity contribution in [2.24, 2.45) is 5.92 Å². The predicted molar refractivity (Wildman–Crippen MR) is 80.6 cm³/mol. The normalized spacial score (nSPS) is 28.1. The van der Waals surface area contributed by atoms with Gasteiger partial charge in [-0.25, -0.2) is 0 Å². The Labute approximate surface area is 120 Å². The number of nitriles is 1. The Hall–Kier alpha value is -1.57. The Morgan fingerprint density at radius 2 is 2.10 bits per heavy atom. The van der Waals surface area contributed by atoms with Gasteiger partial charge >= 0.3 is 0 Å². The minimum Gasteiger partial charge on any atom is -0.384 e. The van der Waals surface area contributed by atoms with Gasteiger partial charge in [-0.2, -0.15) is 5.26 Å². The third-order valence-corrected chi connectivity index (χ3v) is 4.51. The van der Waals surface area contributed by atoms with Crippen LogP contribution in [0.15, 0.2) is 24.3 Å². The Kier molecular flexibility index (Phi) is 4.19. The average Bonchev–Trinajstić information content (AvgIpc) is 2.53. The highest BCUT2D eigenvalue weighted by atomic mass is 15.2. The monoisotopic (exact) mass is 270 g/mol. The van der Waals surface area contributed by atoms with Crippen molar-refractivity contribution in [3.63, 3.8) is 0 Å². The first-order valence-electron chi connectivity index (χ1n) is 7.55. The lowest BCUT2D eigenvalue weighted by molar-refractivity contribution is 0.0735. The van der Waals surface area contributed by atoms with Crippen molar-refractivity contribution in [2.75, 3.05) is 38.0 Å². The van der Waals surface area contributed by atoms with Crippen LogP contribution in [-0.2, 0) is 0 Å². The van der Waals surface area contributed by atoms with Crippen molar-refractivity contribution in [2.45, 2.75) is 18.9 Å². The van der Waals surface area contributed by atoms with E-state index in [4.69, 9.17) is 5.26 Å². The van der Waals surface area contributed by atoms with E-state index in [1.165, 1.54) is 32.5 Å². The van der Waals surface area contributed by atoms with Crippen LogP contribution in [0.2, 0.25) is 0 Å². The molecule has 1 unspecified atom stereocenters. The van der Waals surface area contributed by atoms with E-state index in [2.05, 4.69) is 21.6 Å². The summed E-state index contributed by atoms with van der Waals surface area (Å²) in [5.41, 5.74) is 1.74. The van der Waals surface area contributed by atoms with E-state index in [1.54, 1.807) is 0 Å². The lowest BCUT2D eigenvalue weighted by Crippen LogP contribution is -2.56. The van der Waals surface area contributed by atoms with E-state index in [9.17, 15) is 0 Å². The van der Waals surface area contributed by atoms with E-state index >= 15 is 0 Å². The van der Waals surface area contributed by atoms with Crippen LogP contribution in [0, 0.1) is 17.2 Å². The van der Waals surface area contributed by atoms with E-state index in [1.807, 2.05) is 24.3 Å². The molecule has 0 amide bonds. The molecule has 1 aromatic rings. The molecule has 4 rings (SSSR count). The number of fused-ring (bicyclic) bond motifs is 3. The van der Waals surface area contributed by atoms with Gasteiger partial charge in [0.15, 0.2) is 0 Å². The smallest absolute Gasteiger partial charge is 0.0992 e. The Balaban J connectivity index is 1.41. The van der Waals surface area contributed by atoms with Crippen LogP contribution in [0.5, 0.6) is 0 Å². The number of piperidine rings is 3. The second-order valence-corrected chi connectivity index (χ2v) is 5.82. The third-order valence-electron chi connectivity index (χ3n) is 4.51. The highest BCUT2D eigenvalue weighted by Gasteiger charge is 2.33. The first-order chi connectivity index (χ1) is 9.85. The zero-order chi connectivity index (χ0) is 13.8. The molecule has 0 aromatic heterocycles. The van der Waals surface area contributed by atoms with Crippen LogP contribution in [0.3, 0.4) is 0 Å². The molecule has 0 saturated carbocycles. The molecule has 0 aliphatic carbocycles. The van der Waals surface area contributed by atoms with Crippen LogP contribution in [-0.4, -0.2) is 43.7 Å². The Bertz CT molecular complexity index is 485. The molecule has 1 aromatic carbocycles. The van der Waals surface area contributed by atoms with Crippen molar-refractivity contribution in [3.8, 4) is 6.07 Å². The van der Waals surface area contributed by atoms with Crippen LogP contribution >= 0.6 is 0 Å². The second-order valence-electron chi connectivity index (χ2n) is 5.82. The summed E-state index contributed by atoms with van der Waals surface area (Å²) in [7, 11) is 0. The van der Waals surface area contributed by atoms with Crippen LogP contribution < -0.4 is 10.6 Å². The molecule has 0 radical (unpaired) electrons. The van der Waals surface area contributed by atoms with Crippen molar-refractivity contribution in [1.82, 2.24) is 10.2 Å². The highest BCUT2D eigenvalue weighted by molar-refractivity contribution is 5.49. The fraction of sp³-hybridized carbons (Fsp3) is 0.562. The molecule has 3 heterocycles. The van der Waals surface area contributed by atoms with E-state index in [0.29, 0.717) is 11.6 Å². The summed E-state index contributed by atoms with van der Waals surface area (Å²) < 4.78 is 0. The summed E-state index contributed by atoms with van der Waals surface area (Å²) in [6, 6.07) is 10.5. The fourth-order valence-corrected chi connectivity index (χ4v) is 3.36. The topological polar surface area (TPSA) is 51.1 Å². The van der Waals surface area contributed by atoms with Gasteiger partial charge in [0, 0.05) is 31.4 Å². The van der Waals surface area contributed by atoms with Crippen LogP contribution in [0.1, 0.15) is 18.4 Å². The molecule has 1 atom stereocenters. The number of anilines is 1. The SMILES string of the molecule is N#Cc1cccc(NCCNC2CN3CCC2CC3)c1. The van der Waals surface area contributed by atoms with E-state index in [-0.39, 0.29) is 0 Å². The zero-order valence-corrected chi connectivity index (χ0v) is 11.8. The summed E-state index contributed by atoms with van der Waals surface area (Å²) in [4.78, 5) is 2.57. The molecule has 3 aliphatic rings. The lowest BCUT2D eigenvalue weighted by atomic mass is 9.84. The summed E-state index contributed by atoms with van der Waals surface area (Å²) in [5, 5.41) is 15.9. The first kappa shape index (κ1) is 13.4. The minimum atomic E-state index is 0.671. The van der Waals surface area contributed by atoms with Gasteiger partial charge in [-0.05, 0) is 50.0 Å². The van der Waals surface area contributed by atoms with Gasteiger partial charge in [0.1, 0.15) is 0 Å². The Morgan fingerprint density at radius 1 is 1.25 bits per heavy atom. The second kappa shape index (κ2) is 6.25. The molecule has 3 saturated heterocycles. The van der Waals surface area contributed by atoms with E-state index < -0.39 is 0 Å². The lowest BCUT2D eigenvalue weighted by Gasteiger charge is -2.45. The number of benzene rings is 1. The average molecular weight is 270 g/mol. The molecular weight excluding hydrogens is 248 g/mol. The number of hydrogen-bond donors (Lipinski definition) is 2. The maximum atomic E-state index is 8.87. The van der Waals surface area contributed by atoms with Gasteiger partial charge < -0.3 is 15.5 Å². The van der Waals surface area contributed by atoms with Crippen LogP contribution in [0.4, 0.5) is 5.69 Å². The standard InChI is InChI=1S/C16H22N4/c17-11-13-2-1-3-15(10-13)18-6-7-19-16-12-20-8-4-14(16)5-9-20/h1-3,10,14,16,18-19H,4-9,12H2. The van der Waals surface area contributed by atoms with E-state index in [0.717, 1.165) is 24.7 Å². The molecule has 3 fully saturated rings. The summed E-state index contributed by atoms with van der Waals surface area (Å²) >= 11 is 0. The molecule has 4 nitrogen and oxygen atoms in total. The highest BCUT2D eigenvalue weighted by Crippen LogP contribution is 2.27. The van der Waals surface area contributed by atoms with Gasteiger partial charge in [0.05, 0.1) is 11.6 Å². The first-order valence-corrected chi connectivity index (χ1v) is 7.55. The Morgan fingerprint density at radius 3 is 2.80 bits per heavy atom. The molecule has 0 spiro atoms. The van der Waals surface area contributed by atoms with Crippen molar-refractivity contribution in [3.05, 3.63) is 29.8 Å². The van der Waals surface area contributed by atoms with Gasteiger partial charge in [0.2, 0.25) is 0 Å². The molecule has 2 N–H and O–H groups in total. The molecule has 3 aliphatic heterocycles. The summed E-state index contributed by atoms with van der Waals surface area (Å²) in [6.45, 7) is 5.68. The number of rotatable bonds is 5. The van der Waals surface area contributed by atoms with Gasteiger partial charge in [-0.15, -0.1) is 0 Å². The maximum absolute atomic E-state index is 8.87. The molecule has 2 bridgehead atoms. The van der Waals surface area contributed by atoms with Gasteiger partial charge in [-0.1, -0.05) is 6.07 Å². The molecule has 20 heavy (non-hydrogen) atoms. The maximum Gasteiger partial charge on any atom is 0.0992 e. The summed E-state index contributed by atoms with van der Waals surface area (Å²) in [6.07, 6.45) is 2.71. The fourth-order valence-electron chi connectivity index (χ4n) is 3.36. The molecule has 4 heteroatoms. The van der Waals surface area contributed by atoms with Gasteiger partial charge in [0.25, 0.3) is 0 Å². The minimum absolute atomic E-state index is 0.671. The van der Waals surface area contributed by atoms with Crippen LogP contribution in [0.25, 0.3) is 0 Å². The number of nitrogens with one attached hydrogen (secondary N) is 2. The van der Waals surface area contributed by atoms with Crippen molar-refractivity contribution in [1.29, 1.82) is 5.26 Å².